The summed E-state index contributed by atoms with van der Waals surface area (Å²) >= 11 is 4.94. The molecule has 7 nitrogen and oxygen atoms in total. The molecular formula is C17H17BrN2O5S2. The van der Waals surface area contributed by atoms with Gasteiger partial charge in [0.15, 0.2) is 0 Å². The third-order valence-electron chi connectivity index (χ3n) is 4.29. The molecule has 2 aromatic carbocycles. The summed E-state index contributed by atoms with van der Waals surface area (Å²) in [7, 11) is -2.32. The normalized spacial score (nSPS) is 17.8. The Hall–Kier alpha value is -1.62. The van der Waals surface area contributed by atoms with E-state index in [1.54, 1.807) is 20.1 Å². The van der Waals surface area contributed by atoms with Gasteiger partial charge in [-0.05, 0) is 46.6 Å². The lowest BCUT2D eigenvalue weighted by atomic mass is 10.2. The molecule has 10 heteroatoms. The molecule has 1 saturated heterocycles. The number of benzene rings is 2. The zero-order valence-corrected chi connectivity index (χ0v) is 17.8. The molecule has 3 rings (SSSR count). The fourth-order valence-corrected chi connectivity index (χ4v) is 6.69. The highest BCUT2D eigenvalue weighted by molar-refractivity contribution is 9.10. The Labute approximate surface area is 170 Å². The second-order valence-electron chi connectivity index (χ2n) is 5.94. The van der Waals surface area contributed by atoms with E-state index in [0.717, 1.165) is 16.1 Å². The van der Waals surface area contributed by atoms with Crippen molar-refractivity contribution in [1.29, 1.82) is 0 Å². The standard InChI is InChI=1S/C17H17BrN2O5S2/c1-11-3-5-13(10-15(11)20(21)22)27(23,24)19-7-8-26-17(19)12-4-6-16(25-2)14(18)9-12/h3-6,9-10,17H,7-8H2,1-2H3/t17-/m1/s1. The average Bonchev–Trinajstić information content (AvgIpc) is 3.12. The zero-order valence-electron chi connectivity index (χ0n) is 14.6. The minimum atomic E-state index is -3.88. The van der Waals surface area contributed by atoms with Gasteiger partial charge in [0.2, 0.25) is 10.0 Å². The van der Waals surface area contributed by atoms with Gasteiger partial charge in [-0.2, -0.15) is 4.31 Å². The van der Waals surface area contributed by atoms with Crippen molar-refractivity contribution in [2.45, 2.75) is 17.2 Å². The summed E-state index contributed by atoms with van der Waals surface area (Å²) in [4.78, 5) is 10.5. The van der Waals surface area contributed by atoms with Crippen LogP contribution in [0.5, 0.6) is 5.75 Å². The Bertz CT molecular complexity index is 997. The SMILES string of the molecule is COc1ccc([C@H]2SCCN2S(=O)(=O)c2ccc(C)c([N+](=O)[O-])c2)cc1Br. The second kappa shape index (κ2) is 7.78. The first-order valence-corrected chi connectivity index (χ1v) is 11.3. The van der Waals surface area contributed by atoms with Crippen molar-refractivity contribution in [1.82, 2.24) is 4.31 Å². The number of thioether (sulfide) groups is 1. The van der Waals surface area contributed by atoms with E-state index in [1.165, 1.54) is 28.2 Å². The molecule has 0 spiro atoms. The molecule has 0 aliphatic carbocycles. The van der Waals surface area contributed by atoms with Crippen LogP contribution in [0.25, 0.3) is 0 Å². The fraction of sp³-hybridized carbons (Fsp3) is 0.294. The molecule has 0 N–H and O–H groups in total. The third kappa shape index (κ3) is 3.84. The summed E-state index contributed by atoms with van der Waals surface area (Å²) in [6.07, 6.45) is 0. The molecular weight excluding hydrogens is 456 g/mol. The van der Waals surface area contributed by atoms with E-state index in [9.17, 15) is 18.5 Å². The number of nitrogens with zero attached hydrogens (tertiary/aromatic N) is 2. The predicted molar refractivity (Wildman–Crippen MR) is 108 cm³/mol. The minimum Gasteiger partial charge on any atom is -0.496 e. The quantitative estimate of drug-likeness (QED) is 0.480. The van der Waals surface area contributed by atoms with E-state index in [4.69, 9.17) is 4.74 Å². The maximum Gasteiger partial charge on any atom is 0.273 e. The van der Waals surface area contributed by atoms with Crippen molar-refractivity contribution in [2.24, 2.45) is 0 Å². The van der Waals surface area contributed by atoms with Crippen molar-refractivity contribution < 1.29 is 18.1 Å². The lowest BCUT2D eigenvalue weighted by Crippen LogP contribution is -2.30. The first-order chi connectivity index (χ1) is 12.8. The van der Waals surface area contributed by atoms with Crippen LogP contribution in [0.1, 0.15) is 16.5 Å². The largest absolute Gasteiger partial charge is 0.496 e. The van der Waals surface area contributed by atoms with E-state index in [0.29, 0.717) is 23.6 Å². The summed E-state index contributed by atoms with van der Waals surface area (Å²) < 4.78 is 33.7. The number of rotatable bonds is 5. The highest BCUT2D eigenvalue weighted by Gasteiger charge is 2.37. The molecule has 27 heavy (non-hydrogen) atoms. The lowest BCUT2D eigenvalue weighted by Gasteiger charge is -2.24. The number of aryl methyl sites for hydroxylation is 1. The molecule has 2 aromatic rings. The number of halogens is 1. The number of hydrogen-bond donors (Lipinski definition) is 0. The van der Waals surface area contributed by atoms with Gasteiger partial charge in [-0.1, -0.05) is 12.1 Å². The molecule has 0 unspecified atom stereocenters. The second-order valence-corrected chi connectivity index (χ2v) is 9.87. The number of sulfonamides is 1. The van der Waals surface area contributed by atoms with Crippen molar-refractivity contribution in [3.63, 3.8) is 0 Å². The minimum absolute atomic E-state index is 0.0696. The Kier molecular flexibility index (Phi) is 5.80. The fourth-order valence-electron chi connectivity index (χ4n) is 2.88. The number of hydrogen-bond acceptors (Lipinski definition) is 6. The van der Waals surface area contributed by atoms with E-state index in [-0.39, 0.29) is 10.6 Å². The average molecular weight is 473 g/mol. The Morgan fingerprint density at radius 2 is 2.04 bits per heavy atom. The highest BCUT2D eigenvalue weighted by atomic mass is 79.9. The Balaban J connectivity index is 2.00. The lowest BCUT2D eigenvalue weighted by molar-refractivity contribution is -0.385. The van der Waals surface area contributed by atoms with Gasteiger partial charge in [0, 0.05) is 23.9 Å². The van der Waals surface area contributed by atoms with Crippen LogP contribution in [0.4, 0.5) is 5.69 Å². The summed E-state index contributed by atoms with van der Waals surface area (Å²) in [5.74, 6) is 1.30. The third-order valence-corrected chi connectivity index (χ3v) is 8.17. The van der Waals surface area contributed by atoms with Gasteiger partial charge < -0.3 is 4.74 Å². The predicted octanol–water partition coefficient (Wildman–Crippen LogP) is 4.11. The smallest absolute Gasteiger partial charge is 0.273 e. The molecule has 1 atom stereocenters. The van der Waals surface area contributed by atoms with Crippen LogP contribution in [0.15, 0.2) is 45.8 Å². The van der Waals surface area contributed by atoms with E-state index >= 15 is 0 Å². The first kappa shape index (κ1) is 20.1. The number of ether oxygens (including phenoxy) is 1. The van der Waals surface area contributed by atoms with Crippen molar-refractivity contribution in [2.75, 3.05) is 19.4 Å². The van der Waals surface area contributed by atoms with Crippen molar-refractivity contribution >= 4 is 43.4 Å². The van der Waals surface area contributed by atoms with Gasteiger partial charge in [0.05, 0.1) is 26.8 Å². The number of nitro benzene ring substituents is 1. The molecule has 144 valence electrons. The monoisotopic (exact) mass is 472 g/mol. The van der Waals surface area contributed by atoms with Crippen LogP contribution in [-0.2, 0) is 10.0 Å². The molecule has 1 aliphatic rings. The molecule has 1 heterocycles. The molecule has 0 amide bonds. The molecule has 1 fully saturated rings. The summed E-state index contributed by atoms with van der Waals surface area (Å²) in [6.45, 7) is 1.92. The van der Waals surface area contributed by atoms with Crippen LogP contribution in [-0.4, -0.2) is 37.1 Å². The molecule has 0 radical (unpaired) electrons. The van der Waals surface area contributed by atoms with Gasteiger partial charge in [0.25, 0.3) is 5.69 Å². The molecule has 0 saturated carbocycles. The van der Waals surface area contributed by atoms with Gasteiger partial charge in [-0.25, -0.2) is 8.42 Å². The summed E-state index contributed by atoms with van der Waals surface area (Å²) in [5.41, 5.74) is 1.03. The van der Waals surface area contributed by atoms with Crippen LogP contribution in [0.2, 0.25) is 0 Å². The van der Waals surface area contributed by atoms with Gasteiger partial charge in [-0.15, -0.1) is 11.8 Å². The van der Waals surface area contributed by atoms with Crippen molar-refractivity contribution in [3.8, 4) is 5.75 Å². The Morgan fingerprint density at radius 1 is 1.30 bits per heavy atom. The van der Waals surface area contributed by atoms with Crippen LogP contribution < -0.4 is 4.74 Å². The number of methoxy groups -OCH3 is 1. The molecule has 1 aliphatic heterocycles. The number of nitro groups is 1. The highest BCUT2D eigenvalue weighted by Crippen LogP contribution is 2.43. The van der Waals surface area contributed by atoms with Gasteiger partial charge in [0.1, 0.15) is 5.75 Å². The van der Waals surface area contributed by atoms with E-state index < -0.39 is 20.3 Å². The molecule has 0 bridgehead atoms. The van der Waals surface area contributed by atoms with E-state index in [2.05, 4.69) is 15.9 Å². The van der Waals surface area contributed by atoms with Gasteiger partial charge in [-0.3, -0.25) is 10.1 Å². The zero-order chi connectivity index (χ0) is 19.8. The molecule has 0 aromatic heterocycles. The summed E-state index contributed by atoms with van der Waals surface area (Å²) in [5, 5.41) is 10.8. The van der Waals surface area contributed by atoms with Crippen LogP contribution in [0, 0.1) is 17.0 Å². The van der Waals surface area contributed by atoms with Crippen LogP contribution in [0.3, 0.4) is 0 Å². The Morgan fingerprint density at radius 3 is 2.67 bits per heavy atom. The first-order valence-electron chi connectivity index (χ1n) is 7.97. The van der Waals surface area contributed by atoms with Crippen molar-refractivity contribution in [3.05, 3.63) is 62.1 Å². The topological polar surface area (TPSA) is 89.8 Å². The van der Waals surface area contributed by atoms with E-state index in [1.807, 2.05) is 12.1 Å². The summed E-state index contributed by atoms with van der Waals surface area (Å²) in [6, 6.07) is 9.46. The van der Waals surface area contributed by atoms with Crippen LogP contribution >= 0.6 is 27.7 Å². The maximum atomic E-state index is 13.2. The van der Waals surface area contributed by atoms with Gasteiger partial charge >= 0.3 is 0 Å². The maximum absolute atomic E-state index is 13.2.